The fourth-order valence-electron chi connectivity index (χ4n) is 4.40. The lowest BCUT2D eigenvalue weighted by Gasteiger charge is -2.19. The third-order valence-electron chi connectivity index (χ3n) is 5.74. The van der Waals surface area contributed by atoms with Crippen LogP contribution >= 0.6 is 0 Å². The Balaban J connectivity index is 1.70. The van der Waals surface area contributed by atoms with Crippen molar-refractivity contribution in [1.82, 2.24) is 15.0 Å². The third-order valence-corrected chi connectivity index (χ3v) is 5.74. The molecule has 28 heavy (non-hydrogen) atoms. The molecular weight excluding hydrogens is 342 g/mol. The molecule has 0 fully saturated rings. The van der Waals surface area contributed by atoms with Gasteiger partial charge in [-0.1, -0.05) is 43.3 Å². The Morgan fingerprint density at radius 1 is 0.857 bits per heavy atom. The van der Waals surface area contributed by atoms with E-state index in [-0.39, 0.29) is 5.92 Å². The zero-order chi connectivity index (χ0) is 18.9. The lowest BCUT2D eigenvalue weighted by atomic mass is 9.84. The Labute approximate surface area is 164 Å². The van der Waals surface area contributed by atoms with E-state index in [9.17, 15) is 0 Å². The van der Waals surface area contributed by atoms with Crippen LogP contribution in [0.3, 0.4) is 0 Å². The van der Waals surface area contributed by atoms with Crippen LogP contribution in [0.25, 0.3) is 21.8 Å². The van der Waals surface area contributed by atoms with E-state index in [2.05, 4.69) is 88.7 Å². The Hall–Kier alpha value is -3.33. The minimum Gasteiger partial charge on any atom is -0.361 e. The first kappa shape index (κ1) is 16.8. The van der Waals surface area contributed by atoms with E-state index in [1.165, 1.54) is 44.2 Å². The maximum atomic E-state index is 4.25. The third kappa shape index (κ3) is 2.80. The van der Waals surface area contributed by atoms with Gasteiger partial charge < -0.3 is 9.97 Å². The van der Waals surface area contributed by atoms with Gasteiger partial charge in [0.1, 0.15) is 0 Å². The molecule has 0 aliphatic carbocycles. The minimum atomic E-state index is 0.272. The van der Waals surface area contributed by atoms with Gasteiger partial charge in [0.15, 0.2) is 0 Å². The first-order valence-corrected chi connectivity index (χ1v) is 9.89. The van der Waals surface area contributed by atoms with Gasteiger partial charge in [-0.2, -0.15) is 0 Å². The van der Waals surface area contributed by atoms with E-state index in [0.717, 1.165) is 12.8 Å². The summed E-state index contributed by atoms with van der Waals surface area (Å²) in [6, 6.07) is 21.5. The Morgan fingerprint density at radius 2 is 1.57 bits per heavy atom. The summed E-state index contributed by atoms with van der Waals surface area (Å²) in [4.78, 5) is 11.3. The molecule has 3 heteroatoms. The Morgan fingerprint density at radius 3 is 2.36 bits per heavy atom. The standard InChI is InChI=1S/C25H23N3/c1-2-22-25(20-8-4-6-10-24(20)28-22)21(17-11-13-26-14-12-17)15-18-16-27-23-9-5-3-7-19(18)23/h3-14,16,21,27-28H,2,15H2,1H3. The molecule has 2 N–H and O–H groups in total. The van der Waals surface area contributed by atoms with Crippen LogP contribution in [0.4, 0.5) is 0 Å². The lowest BCUT2D eigenvalue weighted by Crippen LogP contribution is -2.07. The summed E-state index contributed by atoms with van der Waals surface area (Å²) in [6.07, 6.45) is 7.90. The molecule has 2 aromatic carbocycles. The smallest absolute Gasteiger partial charge is 0.0459 e. The van der Waals surface area contributed by atoms with Gasteiger partial charge in [-0.3, -0.25) is 4.98 Å². The summed E-state index contributed by atoms with van der Waals surface area (Å²) in [5, 5.41) is 2.63. The molecule has 0 amide bonds. The van der Waals surface area contributed by atoms with E-state index in [4.69, 9.17) is 0 Å². The van der Waals surface area contributed by atoms with E-state index >= 15 is 0 Å². The molecule has 0 spiro atoms. The molecule has 5 aromatic rings. The van der Waals surface area contributed by atoms with Crippen LogP contribution in [-0.4, -0.2) is 15.0 Å². The van der Waals surface area contributed by atoms with Gasteiger partial charge in [0.25, 0.3) is 0 Å². The maximum Gasteiger partial charge on any atom is 0.0459 e. The molecule has 0 aliphatic rings. The molecule has 3 heterocycles. The predicted molar refractivity (Wildman–Crippen MR) is 116 cm³/mol. The lowest BCUT2D eigenvalue weighted by molar-refractivity contribution is 0.797. The van der Waals surface area contributed by atoms with Crippen LogP contribution in [-0.2, 0) is 12.8 Å². The van der Waals surface area contributed by atoms with Gasteiger partial charge in [0.2, 0.25) is 0 Å². The van der Waals surface area contributed by atoms with Gasteiger partial charge in [-0.15, -0.1) is 0 Å². The predicted octanol–water partition coefficient (Wildman–Crippen LogP) is 5.98. The molecule has 0 bridgehead atoms. The van der Waals surface area contributed by atoms with Gasteiger partial charge in [-0.05, 0) is 53.8 Å². The van der Waals surface area contributed by atoms with Crippen molar-refractivity contribution in [3.8, 4) is 0 Å². The number of pyridine rings is 1. The molecule has 0 saturated heterocycles. The number of hydrogen-bond acceptors (Lipinski definition) is 1. The number of aromatic nitrogens is 3. The molecule has 0 saturated carbocycles. The largest absolute Gasteiger partial charge is 0.361 e. The van der Waals surface area contributed by atoms with Crippen molar-refractivity contribution in [2.45, 2.75) is 25.7 Å². The quantitative estimate of drug-likeness (QED) is 0.395. The Bertz CT molecular complexity index is 1230. The number of aryl methyl sites for hydroxylation is 1. The first-order valence-electron chi connectivity index (χ1n) is 9.89. The number of H-pyrrole nitrogens is 2. The van der Waals surface area contributed by atoms with E-state index in [1.54, 1.807) is 0 Å². The van der Waals surface area contributed by atoms with E-state index in [1.807, 2.05) is 12.4 Å². The van der Waals surface area contributed by atoms with Crippen molar-refractivity contribution in [2.75, 3.05) is 0 Å². The fourth-order valence-corrected chi connectivity index (χ4v) is 4.40. The van der Waals surface area contributed by atoms with Gasteiger partial charge >= 0.3 is 0 Å². The maximum absolute atomic E-state index is 4.25. The zero-order valence-corrected chi connectivity index (χ0v) is 15.9. The first-order chi connectivity index (χ1) is 13.8. The van der Waals surface area contributed by atoms with Crippen LogP contribution in [0.15, 0.2) is 79.3 Å². The molecule has 1 unspecified atom stereocenters. The molecule has 5 rings (SSSR count). The molecular formula is C25H23N3. The van der Waals surface area contributed by atoms with Crippen molar-refractivity contribution in [2.24, 2.45) is 0 Å². The summed E-state index contributed by atoms with van der Waals surface area (Å²) in [6.45, 7) is 2.23. The molecule has 138 valence electrons. The van der Waals surface area contributed by atoms with E-state index in [0.29, 0.717) is 0 Å². The van der Waals surface area contributed by atoms with Gasteiger partial charge in [-0.25, -0.2) is 0 Å². The summed E-state index contributed by atoms with van der Waals surface area (Å²) >= 11 is 0. The number of fused-ring (bicyclic) bond motifs is 2. The highest BCUT2D eigenvalue weighted by atomic mass is 14.7. The molecule has 0 aliphatic heterocycles. The summed E-state index contributed by atoms with van der Waals surface area (Å²) in [7, 11) is 0. The SMILES string of the molecule is CCc1[nH]c2ccccc2c1C(Cc1c[nH]c2ccccc12)c1ccncc1. The number of benzene rings is 2. The zero-order valence-electron chi connectivity index (χ0n) is 15.9. The topological polar surface area (TPSA) is 44.5 Å². The van der Waals surface area contributed by atoms with Crippen molar-refractivity contribution in [1.29, 1.82) is 0 Å². The van der Waals surface area contributed by atoms with E-state index < -0.39 is 0 Å². The van der Waals surface area contributed by atoms with Crippen LogP contribution in [0.2, 0.25) is 0 Å². The summed E-state index contributed by atoms with van der Waals surface area (Å²) in [5.41, 5.74) is 7.80. The highest BCUT2D eigenvalue weighted by Crippen LogP contribution is 2.37. The normalized spacial score (nSPS) is 12.6. The van der Waals surface area contributed by atoms with Crippen LogP contribution in [0.1, 0.15) is 35.2 Å². The molecule has 3 nitrogen and oxygen atoms in total. The molecule has 1 atom stereocenters. The number of nitrogens with one attached hydrogen (secondary N) is 2. The fraction of sp³-hybridized carbons (Fsp3) is 0.160. The monoisotopic (exact) mass is 365 g/mol. The van der Waals surface area contributed by atoms with Crippen molar-refractivity contribution in [3.05, 3.63) is 102 Å². The average molecular weight is 365 g/mol. The Kier molecular flexibility index (Phi) is 4.21. The second kappa shape index (κ2) is 7.01. The highest BCUT2D eigenvalue weighted by Gasteiger charge is 2.23. The number of nitrogens with zero attached hydrogens (tertiary/aromatic N) is 1. The summed E-state index contributed by atoms with van der Waals surface area (Å²) < 4.78 is 0. The van der Waals surface area contributed by atoms with Crippen LogP contribution < -0.4 is 0 Å². The molecule has 3 aromatic heterocycles. The number of aromatic amines is 2. The molecule has 0 radical (unpaired) electrons. The second-order valence-electron chi connectivity index (χ2n) is 7.31. The minimum absolute atomic E-state index is 0.272. The second-order valence-corrected chi connectivity index (χ2v) is 7.31. The van der Waals surface area contributed by atoms with Gasteiger partial charge in [0, 0.05) is 52.0 Å². The van der Waals surface area contributed by atoms with Crippen LogP contribution in [0.5, 0.6) is 0 Å². The number of rotatable bonds is 5. The summed E-state index contributed by atoms with van der Waals surface area (Å²) in [5.74, 6) is 0.272. The average Bonchev–Trinajstić information content (AvgIpc) is 3.34. The number of para-hydroxylation sites is 2. The van der Waals surface area contributed by atoms with Crippen molar-refractivity contribution >= 4 is 21.8 Å². The highest BCUT2D eigenvalue weighted by molar-refractivity contribution is 5.87. The van der Waals surface area contributed by atoms with Crippen LogP contribution in [0, 0.1) is 0 Å². The van der Waals surface area contributed by atoms with Crippen molar-refractivity contribution in [3.63, 3.8) is 0 Å². The number of hydrogen-bond donors (Lipinski definition) is 2. The van der Waals surface area contributed by atoms with Gasteiger partial charge in [0.05, 0.1) is 0 Å². The van der Waals surface area contributed by atoms with Crippen molar-refractivity contribution < 1.29 is 0 Å².